The van der Waals surface area contributed by atoms with Gasteiger partial charge in [-0.3, -0.25) is 4.90 Å². The summed E-state index contributed by atoms with van der Waals surface area (Å²) in [5, 5.41) is 0. The van der Waals surface area contributed by atoms with Crippen LogP contribution in [-0.2, 0) is 0 Å². The smallest absolute Gasteiger partial charge is 0.0317 e. The molecule has 1 aliphatic heterocycles. The van der Waals surface area contributed by atoms with Crippen LogP contribution in [0, 0.1) is 0 Å². The van der Waals surface area contributed by atoms with Crippen LogP contribution in [0.25, 0.3) is 0 Å². The Bertz CT molecular complexity index is 154. The van der Waals surface area contributed by atoms with Gasteiger partial charge in [-0.2, -0.15) is 0 Å². The predicted octanol–water partition coefficient (Wildman–Crippen LogP) is 1.80. The molecule has 1 fully saturated rings. The van der Waals surface area contributed by atoms with Crippen molar-refractivity contribution in [1.29, 1.82) is 0 Å². The van der Waals surface area contributed by atoms with Gasteiger partial charge < -0.3 is 0 Å². The first-order valence-electron chi connectivity index (χ1n) is 4.27. The molecule has 1 saturated heterocycles. The molecule has 10 heavy (non-hydrogen) atoms. The molecule has 0 radical (unpaired) electrons. The second-order valence-corrected chi connectivity index (χ2v) is 3.53. The van der Waals surface area contributed by atoms with Crippen molar-refractivity contribution in [2.45, 2.75) is 32.2 Å². The monoisotopic (exact) mass is 137 g/mol. The second-order valence-electron chi connectivity index (χ2n) is 3.53. The van der Waals surface area contributed by atoms with Crippen LogP contribution in [0.15, 0.2) is 11.6 Å². The third-order valence-electron chi connectivity index (χ3n) is 2.62. The van der Waals surface area contributed by atoms with Gasteiger partial charge in [0.15, 0.2) is 0 Å². The Hall–Kier alpha value is -0.300. The van der Waals surface area contributed by atoms with Crippen molar-refractivity contribution in [3.63, 3.8) is 0 Å². The third-order valence-corrected chi connectivity index (χ3v) is 2.62. The highest BCUT2D eigenvalue weighted by Gasteiger charge is 2.24. The molecule has 0 aromatic carbocycles. The first-order chi connectivity index (χ1) is 4.86. The van der Waals surface area contributed by atoms with Crippen LogP contribution in [0.1, 0.15) is 26.2 Å². The fourth-order valence-electron chi connectivity index (χ4n) is 1.93. The lowest BCUT2D eigenvalue weighted by Gasteiger charge is -2.31. The molecule has 0 saturated carbocycles. The van der Waals surface area contributed by atoms with Crippen molar-refractivity contribution in [3.05, 3.63) is 11.6 Å². The van der Waals surface area contributed by atoms with Gasteiger partial charge in [0.1, 0.15) is 0 Å². The summed E-state index contributed by atoms with van der Waals surface area (Å²) in [6.07, 6.45) is 6.58. The zero-order valence-corrected chi connectivity index (χ0v) is 6.64. The molecule has 0 aromatic heterocycles. The van der Waals surface area contributed by atoms with Gasteiger partial charge in [-0.25, -0.2) is 0 Å². The molecule has 56 valence electrons. The first-order valence-corrected chi connectivity index (χ1v) is 4.27. The SMILES string of the molecule is CC1=CC(N2CCCC2)C1. The Morgan fingerprint density at radius 1 is 1.40 bits per heavy atom. The lowest BCUT2D eigenvalue weighted by molar-refractivity contribution is 0.263. The maximum absolute atomic E-state index is 2.60. The van der Waals surface area contributed by atoms with Gasteiger partial charge in [0.25, 0.3) is 0 Å². The number of hydrogen-bond acceptors (Lipinski definition) is 1. The molecule has 1 aliphatic carbocycles. The van der Waals surface area contributed by atoms with Gasteiger partial charge in [0, 0.05) is 6.04 Å². The lowest BCUT2D eigenvalue weighted by atomic mass is 9.94. The van der Waals surface area contributed by atoms with Crippen LogP contribution in [0.3, 0.4) is 0 Å². The number of hydrogen-bond donors (Lipinski definition) is 0. The number of likely N-dealkylation sites (tertiary alicyclic amines) is 1. The molecule has 0 bridgehead atoms. The van der Waals surface area contributed by atoms with Crippen LogP contribution >= 0.6 is 0 Å². The molecule has 1 nitrogen and oxygen atoms in total. The minimum atomic E-state index is 0.822. The van der Waals surface area contributed by atoms with E-state index in [1.807, 2.05) is 0 Å². The molecule has 0 N–H and O–H groups in total. The van der Waals surface area contributed by atoms with E-state index in [9.17, 15) is 0 Å². The van der Waals surface area contributed by atoms with E-state index in [2.05, 4.69) is 17.9 Å². The zero-order chi connectivity index (χ0) is 6.97. The van der Waals surface area contributed by atoms with Gasteiger partial charge in [0.2, 0.25) is 0 Å². The van der Waals surface area contributed by atoms with Gasteiger partial charge >= 0.3 is 0 Å². The molecular formula is C9H15N. The van der Waals surface area contributed by atoms with E-state index in [1.54, 1.807) is 5.57 Å². The molecule has 0 spiro atoms. The Labute approximate surface area is 62.7 Å². The Kier molecular flexibility index (Phi) is 1.53. The highest BCUT2D eigenvalue weighted by molar-refractivity contribution is 5.18. The van der Waals surface area contributed by atoms with Gasteiger partial charge in [0.05, 0.1) is 0 Å². The predicted molar refractivity (Wildman–Crippen MR) is 43.0 cm³/mol. The largest absolute Gasteiger partial charge is 0.297 e. The highest BCUT2D eigenvalue weighted by atomic mass is 15.2. The van der Waals surface area contributed by atoms with E-state index in [-0.39, 0.29) is 0 Å². The minimum Gasteiger partial charge on any atom is -0.297 e. The summed E-state index contributed by atoms with van der Waals surface area (Å²) >= 11 is 0. The molecular weight excluding hydrogens is 122 g/mol. The summed E-state index contributed by atoms with van der Waals surface area (Å²) in [6.45, 7) is 4.91. The maximum Gasteiger partial charge on any atom is 0.0317 e. The van der Waals surface area contributed by atoms with Crippen molar-refractivity contribution in [2.24, 2.45) is 0 Å². The topological polar surface area (TPSA) is 3.24 Å². The van der Waals surface area contributed by atoms with Crippen molar-refractivity contribution >= 4 is 0 Å². The second kappa shape index (κ2) is 2.39. The summed E-state index contributed by atoms with van der Waals surface area (Å²) in [4.78, 5) is 2.60. The van der Waals surface area contributed by atoms with E-state index in [4.69, 9.17) is 0 Å². The van der Waals surface area contributed by atoms with E-state index in [0.29, 0.717) is 0 Å². The normalized spacial score (nSPS) is 33.7. The molecule has 2 aliphatic rings. The van der Waals surface area contributed by atoms with Gasteiger partial charge in [-0.15, -0.1) is 0 Å². The molecule has 0 amide bonds. The fraction of sp³-hybridized carbons (Fsp3) is 0.778. The number of rotatable bonds is 1. The molecule has 0 aromatic rings. The molecule has 1 unspecified atom stereocenters. The highest BCUT2D eigenvalue weighted by Crippen LogP contribution is 2.26. The van der Waals surface area contributed by atoms with Crippen LogP contribution in [-0.4, -0.2) is 24.0 Å². The van der Waals surface area contributed by atoms with Crippen LogP contribution in [0.2, 0.25) is 0 Å². The molecule has 1 heteroatoms. The fourth-order valence-corrected chi connectivity index (χ4v) is 1.93. The Balaban J connectivity index is 1.90. The maximum atomic E-state index is 2.60. The molecule has 1 heterocycles. The van der Waals surface area contributed by atoms with Crippen LogP contribution in [0.4, 0.5) is 0 Å². The van der Waals surface area contributed by atoms with E-state index < -0.39 is 0 Å². The summed E-state index contributed by atoms with van der Waals surface area (Å²) < 4.78 is 0. The summed E-state index contributed by atoms with van der Waals surface area (Å²) in [6, 6.07) is 0.822. The van der Waals surface area contributed by atoms with Crippen molar-refractivity contribution < 1.29 is 0 Å². The van der Waals surface area contributed by atoms with E-state index in [0.717, 1.165) is 6.04 Å². The Morgan fingerprint density at radius 3 is 2.50 bits per heavy atom. The zero-order valence-electron chi connectivity index (χ0n) is 6.64. The Morgan fingerprint density at radius 2 is 2.00 bits per heavy atom. The standard InChI is InChI=1S/C9H15N/c1-8-6-9(7-8)10-4-2-3-5-10/h6,9H,2-5,7H2,1H3. The van der Waals surface area contributed by atoms with Crippen molar-refractivity contribution in [2.75, 3.05) is 13.1 Å². The lowest BCUT2D eigenvalue weighted by Crippen LogP contribution is -2.35. The van der Waals surface area contributed by atoms with Crippen molar-refractivity contribution in [1.82, 2.24) is 4.90 Å². The summed E-state index contributed by atoms with van der Waals surface area (Å²) in [5.41, 5.74) is 1.58. The quantitative estimate of drug-likeness (QED) is 0.498. The average molecular weight is 137 g/mol. The van der Waals surface area contributed by atoms with Crippen LogP contribution in [0.5, 0.6) is 0 Å². The van der Waals surface area contributed by atoms with Gasteiger partial charge in [-0.1, -0.05) is 11.6 Å². The first kappa shape index (κ1) is 6.41. The van der Waals surface area contributed by atoms with E-state index >= 15 is 0 Å². The average Bonchev–Trinajstić information content (AvgIpc) is 2.31. The minimum absolute atomic E-state index is 0.822. The molecule has 1 atom stereocenters. The van der Waals surface area contributed by atoms with Gasteiger partial charge in [-0.05, 0) is 39.3 Å². The number of nitrogens with zero attached hydrogens (tertiary/aromatic N) is 1. The third kappa shape index (κ3) is 0.988. The summed E-state index contributed by atoms with van der Waals surface area (Å²) in [7, 11) is 0. The summed E-state index contributed by atoms with van der Waals surface area (Å²) in [5.74, 6) is 0. The molecule has 2 rings (SSSR count). The van der Waals surface area contributed by atoms with Crippen molar-refractivity contribution in [3.8, 4) is 0 Å². The van der Waals surface area contributed by atoms with Crippen LogP contribution < -0.4 is 0 Å². The van der Waals surface area contributed by atoms with E-state index in [1.165, 1.54) is 32.4 Å².